The van der Waals surface area contributed by atoms with Crippen LogP contribution >= 0.6 is 0 Å². The van der Waals surface area contributed by atoms with Gasteiger partial charge >= 0.3 is 0 Å². The van der Waals surface area contributed by atoms with Gasteiger partial charge in [-0.25, -0.2) is 0 Å². The minimum atomic E-state index is 0.811. The normalized spacial score (nSPS) is 40.7. The SMILES string of the molecule is CN1c2ccccc2[C@@H]2C1CCC1C[C@H]12. The summed E-state index contributed by atoms with van der Waals surface area (Å²) in [6.45, 7) is 0. The molecule has 2 saturated carbocycles. The van der Waals surface area contributed by atoms with E-state index >= 15 is 0 Å². The molecule has 1 aliphatic heterocycles. The summed E-state index contributed by atoms with van der Waals surface area (Å²) in [5, 5.41) is 0. The first-order valence-corrected chi connectivity index (χ1v) is 6.18. The maximum Gasteiger partial charge on any atom is 0.0402 e. The molecule has 1 aromatic rings. The monoisotopic (exact) mass is 199 g/mol. The van der Waals surface area contributed by atoms with E-state index in [1.54, 1.807) is 5.56 Å². The second-order valence-electron chi connectivity index (χ2n) is 5.50. The van der Waals surface area contributed by atoms with Crippen molar-refractivity contribution in [3.8, 4) is 0 Å². The molecule has 0 aromatic heterocycles. The van der Waals surface area contributed by atoms with Crippen molar-refractivity contribution in [3.63, 3.8) is 0 Å². The molecule has 0 saturated heterocycles. The van der Waals surface area contributed by atoms with E-state index in [1.165, 1.54) is 24.9 Å². The third-order valence-corrected chi connectivity index (χ3v) is 4.86. The van der Waals surface area contributed by atoms with Gasteiger partial charge in [-0.1, -0.05) is 18.2 Å². The van der Waals surface area contributed by atoms with Crippen LogP contribution in [0.2, 0.25) is 0 Å². The highest BCUT2D eigenvalue weighted by atomic mass is 15.2. The summed E-state index contributed by atoms with van der Waals surface area (Å²) in [4.78, 5) is 2.54. The van der Waals surface area contributed by atoms with Crippen molar-refractivity contribution in [2.45, 2.75) is 31.2 Å². The third kappa shape index (κ3) is 0.940. The molecule has 78 valence electrons. The Morgan fingerprint density at radius 1 is 1.20 bits per heavy atom. The van der Waals surface area contributed by atoms with E-state index in [9.17, 15) is 0 Å². The van der Waals surface area contributed by atoms with Gasteiger partial charge in [-0.05, 0) is 42.7 Å². The minimum absolute atomic E-state index is 0.811. The fraction of sp³-hybridized carbons (Fsp3) is 0.571. The molecule has 1 nitrogen and oxygen atoms in total. The van der Waals surface area contributed by atoms with Crippen molar-refractivity contribution in [1.82, 2.24) is 0 Å². The summed E-state index contributed by atoms with van der Waals surface area (Å²) in [7, 11) is 2.28. The molecule has 0 spiro atoms. The van der Waals surface area contributed by atoms with Crippen LogP contribution in [0.1, 0.15) is 30.7 Å². The molecule has 3 aliphatic rings. The van der Waals surface area contributed by atoms with E-state index in [0.29, 0.717) is 0 Å². The largest absolute Gasteiger partial charge is 0.371 e. The van der Waals surface area contributed by atoms with Gasteiger partial charge in [-0.3, -0.25) is 0 Å². The lowest BCUT2D eigenvalue weighted by molar-refractivity contribution is 0.377. The van der Waals surface area contributed by atoms with Crippen LogP contribution in [0.5, 0.6) is 0 Å². The maximum atomic E-state index is 2.54. The van der Waals surface area contributed by atoms with Crippen LogP contribution in [0.15, 0.2) is 24.3 Å². The van der Waals surface area contributed by atoms with Crippen LogP contribution in [0.25, 0.3) is 0 Å². The van der Waals surface area contributed by atoms with Crippen molar-refractivity contribution in [3.05, 3.63) is 29.8 Å². The van der Waals surface area contributed by atoms with Gasteiger partial charge in [-0.15, -0.1) is 0 Å². The molecule has 2 aliphatic carbocycles. The smallest absolute Gasteiger partial charge is 0.0402 e. The van der Waals surface area contributed by atoms with Crippen LogP contribution in [-0.2, 0) is 0 Å². The van der Waals surface area contributed by atoms with E-state index in [-0.39, 0.29) is 0 Å². The molecule has 4 atom stereocenters. The topological polar surface area (TPSA) is 3.24 Å². The van der Waals surface area contributed by atoms with Gasteiger partial charge in [0.05, 0.1) is 0 Å². The Morgan fingerprint density at radius 3 is 3.00 bits per heavy atom. The first-order valence-electron chi connectivity index (χ1n) is 6.18. The Morgan fingerprint density at radius 2 is 2.07 bits per heavy atom. The van der Waals surface area contributed by atoms with Gasteiger partial charge in [0.25, 0.3) is 0 Å². The molecule has 1 heteroatoms. The lowest BCUT2D eigenvalue weighted by Crippen LogP contribution is -2.33. The Balaban J connectivity index is 1.85. The Bertz CT molecular complexity index is 412. The second kappa shape index (κ2) is 2.58. The van der Waals surface area contributed by atoms with E-state index in [1.807, 2.05) is 0 Å². The van der Waals surface area contributed by atoms with Gasteiger partial charge in [0.15, 0.2) is 0 Å². The summed E-state index contributed by atoms with van der Waals surface area (Å²) < 4.78 is 0. The number of anilines is 1. The average molecular weight is 199 g/mol. The van der Waals surface area contributed by atoms with Crippen LogP contribution in [0.3, 0.4) is 0 Å². The highest BCUT2D eigenvalue weighted by Crippen LogP contribution is 2.61. The van der Waals surface area contributed by atoms with E-state index in [0.717, 1.165) is 23.8 Å². The molecule has 2 fully saturated rings. The molecule has 2 unspecified atom stereocenters. The molecular weight excluding hydrogens is 182 g/mol. The number of benzene rings is 1. The molecular formula is C14H17N. The molecule has 0 radical (unpaired) electrons. The molecule has 15 heavy (non-hydrogen) atoms. The molecule has 0 N–H and O–H groups in total. The quantitative estimate of drug-likeness (QED) is 0.621. The van der Waals surface area contributed by atoms with E-state index < -0.39 is 0 Å². The number of rotatable bonds is 0. The molecule has 1 heterocycles. The summed E-state index contributed by atoms with van der Waals surface area (Å²) in [5.41, 5.74) is 3.14. The minimum Gasteiger partial charge on any atom is -0.371 e. The molecule has 0 amide bonds. The van der Waals surface area contributed by atoms with Gasteiger partial charge < -0.3 is 4.90 Å². The summed E-state index contributed by atoms with van der Waals surface area (Å²) >= 11 is 0. The lowest BCUT2D eigenvalue weighted by Gasteiger charge is -2.30. The van der Waals surface area contributed by atoms with E-state index in [2.05, 4.69) is 36.2 Å². The zero-order valence-electron chi connectivity index (χ0n) is 9.19. The summed E-state index contributed by atoms with van der Waals surface area (Å²) in [6, 6.07) is 9.85. The van der Waals surface area contributed by atoms with Crippen molar-refractivity contribution in [1.29, 1.82) is 0 Å². The highest BCUT2D eigenvalue weighted by Gasteiger charge is 2.54. The predicted molar refractivity (Wildman–Crippen MR) is 62.2 cm³/mol. The molecule has 1 aromatic carbocycles. The fourth-order valence-electron chi connectivity index (χ4n) is 4.03. The Labute approximate surface area is 91.1 Å². The number of hydrogen-bond acceptors (Lipinski definition) is 1. The molecule has 4 rings (SSSR count). The van der Waals surface area contributed by atoms with Gasteiger partial charge in [0.2, 0.25) is 0 Å². The number of nitrogens with zero attached hydrogens (tertiary/aromatic N) is 1. The standard InChI is InChI=1S/C14H17N/c1-15-12-5-3-2-4-10(12)14-11-8-9(11)6-7-13(14)15/h2-5,9,11,13-14H,6-8H2,1H3/t9?,11-,13?,14+/m1/s1. The second-order valence-corrected chi connectivity index (χ2v) is 5.50. The summed E-state index contributed by atoms with van der Waals surface area (Å²) in [5.74, 6) is 2.96. The van der Waals surface area contributed by atoms with Crippen LogP contribution in [0.4, 0.5) is 5.69 Å². The summed E-state index contributed by atoms with van der Waals surface area (Å²) in [6.07, 6.45) is 4.39. The maximum absolute atomic E-state index is 2.54. The number of hydrogen-bond donors (Lipinski definition) is 0. The van der Waals surface area contributed by atoms with Crippen molar-refractivity contribution >= 4 is 5.69 Å². The Kier molecular flexibility index (Phi) is 1.41. The van der Waals surface area contributed by atoms with Crippen molar-refractivity contribution < 1.29 is 0 Å². The van der Waals surface area contributed by atoms with Crippen LogP contribution < -0.4 is 4.90 Å². The zero-order chi connectivity index (χ0) is 9.99. The van der Waals surface area contributed by atoms with Crippen LogP contribution in [0, 0.1) is 11.8 Å². The van der Waals surface area contributed by atoms with E-state index in [4.69, 9.17) is 0 Å². The van der Waals surface area contributed by atoms with Crippen molar-refractivity contribution in [2.75, 3.05) is 11.9 Å². The lowest BCUT2D eigenvalue weighted by atomic mass is 9.82. The first kappa shape index (κ1) is 8.20. The van der Waals surface area contributed by atoms with Crippen LogP contribution in [-0.4, -0.2) is 13.1 Å². The van der Waals surface area contributed by atoms with Crippen molar-refractivity contribution in [2.24, 2.45) is 11.8 Å². The number of para-hydroxylation sites is 1. The van der Waals surface area contributed by atoms with Gasteiger partial charge in [0, 0.05) is 24.7 Å². The van der Waals surface area contributed by atoms with Gasteiger partial charge in [0.1, 0.15) is 0 Å². The molecule has 0 bridgehead atoms. The average Bonchev–Trinajstić information content (AvgIpc) is 3.01. The first-order chi connectivity index (χ1) is 7.36. The number of likely N-dealkylation sites (N-methyl/N-ethyl adjacent to an activating group) is 1. The predicted octanol–water partition coefficient (Wildman–Crippen LogP) is 3.02. The highest BCUT2D eigenvalue weighted by molar-refractivity contribution is 5.62. The Hall–Kier alpha value is -0.980. The fourth-order valence-corrected chi connectivity index (χ4v) is 4.03. The van der Waals surface area contributed by atoms with Gasteiger partial charge in [-0.2, -0.15) is 0 Å². The number of fused-ring (bicyclic) bond motifs is 5. The zero-order valence-corrected chi connectivity index (χ0v) is 9.19. The third-order valence-electron chi connectivity index (χ3n) is 4.86.